The molecule has 1 aromatic carbocycles. The molecule has 0 fully saturated rings. The van der Waals surface area contributed by atoms with E-state index in [0.717, 1.165) is 29.2 Å². The molecule has 0 saturated heterocycles. The van der Waals surface area contributed by atoms with Crippen molar-refractivity contribution in [3.63, 3.8) is 0 Å². The molecule has 21 heavy (non-hydrogen) atoms. The molecule has 2 rings (SSSR count). The zero-order valence-corrected chi connectivity index (χ0v) is 13.7. The highest BCUT2D eigenvalue weighted by atomic mass is 32.2. The Morgan fingerprint density at radius 1 is 1.24 bits per heavy atom. The Hall–Kier alpha value is -1.55. The summed E-state index contributed by atoms with van der Waals surface area (Å²) < 4.78 is 1.94. The molecule has 0 aliphatic heterocycles. The average Bonchev–Trinajstić information content (AvgIpc) is 2.89. The number of hydrogen-bond donors (Lipinski definition) is 0. The van der Waals surface area contributed by atoms with Gasteiger partial charge < -0.3 is 0 Å². The van der Waals surface area contributed by atoms with Crippen LogP contribution < -0.4 is 0 Å². The number of ketones is 1. The molecule has 1 aromatic heterocycles. The van der Waals surface area contributed by atoms with Gasteiger partial charge in [0.25, 0.3) is 0 Å². The number of carbonyl (C=O) groups is 1. The minimum absolute atomic E-state index is 0.248. The number of aromatic nitrogens is 2. The van der Waals surface area contributed by atoms with Crippen LogP contribution in [0.25, 0.3) is 0 Å². The molecule has 0 unspecified atom stereocenters. The first kappa shape index (κ1) is 15.8. The number of benzene rings is 1. The summed E-state index contributed by atoms with van der Waals surface area (Å²) in [5.74, 6) is 0.761. The highest BCUT2D eigenvalue weighted by molar-refractivity contribution is 8.00. The van der Waals surface area contributed by atoms with Crippen molar-refractivity contribution in [2.45, 2.75) is 45.1 Å². The molecular formula is C17H22N2OS. The first-order chi connectivity index (χ1) is 10.1. The summed E-state index contributed by atoms with van der Waals surface area (Å²) in [5.41, 5.74) is 3.33. The second-order valence-electron chi connectivity index (χ2n) is 5.11. The molecule has 0 amide bonds. The van der Waals surface area contributed by atoms with Gasteiger partial charge in [-0.2, -0.15) is 5.10 Å². The standard InChI is InChI=1S/C17H22N2OS/c1-4-14-10-15(19(5-2)18-14)11-16(20)12-21-17-8-6-13(3)7-9-17/h6-10H,4-5,11-12H2,1-3H3. The summed E-state index contributed by atoms with van der Waals surface area (Å²) in [4.78, 5) is 13.3. The van der Waals surface area contributed by atoms with E-state index in [-0.39, 0.29) is 5.78 Å². The van der Waals surface area contributed by atoms with Crippen LogP contribution >= 0.6 is 11.8 Å². The molecule has 0 aliphatic rings. The normalized spacial score (nSPS) is 10.8. The predicted octanol–water partition coefficient (Wildman–Crippen LogP) is 3.68. The van der Waals surface area contributed by atoms with E-state index >= 15 is 0 Å². The molecule has 0 aliphatic carbocycles. The van der Waals surface area contributed by atoms with Gasteiger partial charge in [0.1, 0.15) is 5.78 Å². The fourth-order valence-corrected chi connectivity index (χ4v) is 2.91. The van der Waals surface area contributed by atoms with E-state index in [1.165, 1.54) is 5.56 Å². The molecule has 1 heterocycles. The molecule has 0 radical (unpaired) electrons. The van der Waals surface area contributed by atoms with Crippen molar-refractivity contribution >= 4 is 17.5 Å². The van der Waals surface area contributed by atoms with Gasteiger partial charge in [0.15, 0.2) is 0 Å². The van der Waals surface area contributed by atoms with E-state index < -0.39 is 0 Å². The summed E-state index contributed by atoms with van der Waals surface area (Å²) in [6, 6.07) is 10.3. The fourth-order valence-electron chi connectivity index (χ4n) is 2.16. The largest absolute Gasteiger partial charge is 0.298 e. The zero-order valence-electron chi connectivity index (χ0n) is 12.9. The van der Waals surface area contributed by atoms with E-state index in [4.69, 9.17) is 0 Å². The summed E-state index contributed by atoms with van der Waals surface area (Å²) in [7, 11) is 0. The van der Waals surface area contributed by atoms with Crippen LogP contribution in [0.5, 0.6) is 0 Å². The van der Waals surface area contributed by atoms with Crippen molar-refractivity contribution in [2.75, 3.05) is 5.75 Å². The van der Waals surface area contributed by atoms with E-state index in [1.54, 1.807) is 11.8 Å². The van der Waals surface area contributed by atoms with E-state index in [1.807, 2.05) is 4.68 Å². The second kappa shape index (κ2) is 7.46. The van der Waals surface area contributed by atoms with Crippen LogP contribution in [-0.2, 0) is 24.2 Å². The van der Waals surface area contributed by atoms with Gasteiger partial charge in [0.05, 0.1) is 11.4 Å². The Balaban J connectivity index is 1.92. The summed E-state index contributed by atoms with van der Waals surface area (Å²) >= 11 is 1.60. The van der Waals surface area contributed by atoms with E-state index in [2.05, 4.69) is 56.2 Å². The highest BCUT2D eigenvalue weighted by Gasteiger charge is 2.11. The van der Waals surface area contributed by atoms with Crippen molar-refractivity contribution in [2.24, 2.45) is 0 Å². The molecule has 112 valence electrons. The van der Waals surface area contributed by atoms with Gasteiger partial charge >= 0.3 is 0 Å². The topological polar surface area (TPSA) is 34.9 Å². The monoisotopic (exact) mass is 302 g/mol. The Bertz CT molecular complexity index is 602. The van der Waals surface area contributed by atoms with Gasteiger partial charge in [-0.1, -0.05) is 24.6 Å². The van der Waals surface area contributed by atoms with Gasteiger partial charge in [-0.15, -0.1) is 11.8 Å². The quantitative estimate of drug-likeness (QED) is 0.732. The molecule has 4 heteroatoms. The number of aryl methyl sites for hydroxylation is 3. The molecule has 0 N–H and O–H groups in total. The Morgan fingerprint density at radius 3 is 2.57 bits per heavy atom. The highest BCUT2D eigenvalue weighted by Crippen LogP contribution is 2.19. The van der Waals surface area contributed by atoms with Gasteiger partial charge in [0, 0.05) is 23.6 Å². The third-order valence-electron chi connectivity index (χ3n) is 3.37. The number of nitrogens with zero attached hydrogens (tertiary/aromatic N) is 2. The lowest BCUT2D eigenvalue weighted by Gasteiger charge is -2.04. The molecule has 0 saturated carbocycles. The number of carbonyl (C=O) groups excluding carboxylic acids is 1. The van der Waals surface area contributed by atoms with Crippen LogP contribution in [0.2, 0.25) is 0 Å². The maximum absolute atomic E-state index is 12.2. The molecular weight excluding hydrogens is 280 g/mol. The third kappa shape index (κ3) is 4.46. The first-order valence-electron chi connectivity index (χ1n) is 7.39. The van der Waals surface area contributed by atoms with Crippen LogP contribution in [0.4, 0.5) is 0 Å². The van der Waals surface area contributed by atoms with Crippen molar-refractivity contribution in [3.05, 3.63) is 47.3 Å². The van der Waals surface area contributed by atoms with Crippen LogP contribution in [-0.4, -0.2) is 21.3 Å². The number of rotatable bonds is 7. The van der Waals surface area contributed by atoms with Crippen molar-refractivity contribution < 1.29 is 4.79 Å². The molecule has 0 bridgehead atoms. The minimum atomic E-state index is 0.248. The maximum atomic E-state index is 12.2. The Labute approximate surface area is 130 Å². The molecule has 0 spiro atoms. The van der Waals surface area contributed by atoms with Crippen molar-refractivity contribution in [1.29, 1.82) is 0 Å². The fraction of sp³-hybridized carbons (Fsp3) is 0.412. The number of hydrogen-bond acceptors (Lipinski definition) is 3. The smallest absolute Gasteiger partial charge is 0.149 e. The summed E-state index contributed by atoms with van der Waals surface area (Å²) in [6.07, 6.45) is 1.38. The molecule has 0 atom stereocenters. The number of Topliss-reactive ketones (excluding diaryl/α,β-unsaturated/α-hetero) is 1. The number of thioether (sulfide) groups is 1. The first-order valence-corrected chi connectivity index (χ1v) is 8.37. The lowest BCUT2D eigenvalue weighted by Crippen LogP contribution is -2.11. The van der Waals surface area contributed by atoms with Crippen LogP contribution in [0.15, 0.2) is 35.2 Å². The van der Waals surface area contributed by atoms with Gasteiger partial charge in [-0.25, -0.2) is 0 Å². The van der Waals surface area contributed by atoms with E-state index in [0.29, 0.717) is 12.2 Å². The summed E-state index contributed by atoms with van der Waals surface area (Å²) in [5, 5.41) is 4.49. The van der Waals surface area contributed by atoms with Crippen molar-refractivity contribution in [1.82, 2.24) is 9.78 Å². The van der Waals surface area contributed by atoms with Gasteiger partial charge in [0.2, 0.25) is 0 Å². The Kier molecular flexibility index (Phi) is 5.62. The lowest BCUT2D eigenvalue weighted by molar-refractivity contribution is -0.116. The van der Waals surface area contributed by atoms with Crippen molar-refractivity contribution in [3.8, 4) is 0 Å². The molecule has 2 aromatic rings. The Morgan fingerprint density at radius 2 is 1.95 bits per heavy atom. The molecule has 3 nitrogen and oxygen atoms in total. The predicted molar refractivity (Wildman–Crippen MR) is 87.9 cm³/mol. The zero-order chi connectivity index (χ0) is 15.2. The SMILES string of the molecule is CCc1cc(CC(=O)CSc2ccc(C)cc2)n(CC)n1. The minimum Gasteiger partial charge on any atom is -0.298 e. The average molecular weight is 302 g/mol. The summed E-state index contributed by atoms with van der Waals surface area (Å²) in [6.45, 7) is 7.02. The van der Waals surface area contributed by atoms with Crippen LogP contribution in [0.1, 0.15) is 30.8 Å². The van der Waals surface area contributed by atoms with E-state index in [9.17, 15) is 4.79 Å². The van der Waals surface area contributed by atoms with Crippen LogP contribution in [0, 0.1) is 6.92 Å². The maximum Gasteiger partial charge on any atom is 0.149 e. The van der Waals surface area contributed by atoms with Crippen LogP contribution in [0.3, 0.4) is 0 Å². The van der Waals surface area contributed by atoms with Gasteiger partial charge in [-0.05, 0) is 38.5 Å². The second-order valence-corrected chi connectivity index (χ2v) is 6.16. The third-order valence-corrected chi connectivity index (χ3v) is 4.45. The van der Waals surface area contributed by atoms with Gasteiger partial charge in [-0.3, -0.25) is 9.48 Å². The lowest BCUT2D eigenvalue weighted by atomic mass is 10.2.